The predicted molar refractivity (Wildman–Crippen MR) is 155 cm³/mol. The minimum Gasteiger partial charge on any atom is -0.463 e. The van der Waals surface area contributed by atoms with Crippen molar-refractivity contribution in [3.8, 4) is 0 Å². The molecule has 7 nitrogen and oxygen atoms in total. The summed E-state index contributed by atoms with van der Waals surface area (Å²) in [5.74, 6) is -1.41. The summed E-state index contributed by atoms with van der Waals surface area (Å²) in [4.78, 5) is 48.2. The van der Waals surface area contributed by atoms with Gasteiger partial charge in [0.05, 0.1) is 35.2 Å². The van der Waals surface area contributed by atoms with Crippen LogP contribution in [0.5, 0.6) is 0 Å². The fourth-order valence-electron chi connectivity index (χ4n) is 5.26. The van der Waals surface area contributed by atoms with Crippen molar-refractivity contribution >= 4 is 40.2 Å². The summed E-state index contributed by atoms with van der Waals surface area (Å²) < 4.78 is 21.1. The average Bonchev–Trinajstić information content (AvgIpc) is 3.46. The molecule has 0 N–H and O–H groups in total. The summed E-state index contributed by atoms with van der Waals surface area (Å²) in [5, 5.41) is 0. The lowest BCUT2D eigenvalue weighted by Gasteiger charge is -2.25. The molecule has 9 heteroatoms. The molecule has 2 aliphatic heterocycles. The maximum absolute atomic E-state index is 14.3. The lowest BCUT2D eigenvalue weighted by molar-refractivity contribution is -0.138. The Hall–Kier alpha value is -4.89. The van der Waals surface area contributed by atoms with Crippen LogP contribution >= 0.6 is 11.3 Å². The lowest BCUT2D eigenvalue weighted by Crippen LogP contribution is -2.41. The number of nitrogens with zero attached hydrogens (tertiary/aromatic N) is 3. The Morgan fingerprint density at radius 2 is 1.76 bits per heavy atom. The first kappa shape index (κ1) is 26.3. The van der Waals surface area contributed by atoms with Gasteiger partial charge in [0.2, 0.25) is 0 Å². The van der Waals surface area contributed by atoms with Crippen LogP contribution in [0.4, 0.5) is 10.1 Å². The second-order valence-corrected chi connectivity index (χ2v) is 10.4. The van der Waals surface area contributed by atoms with Crippen LogP contribution in [0, 0.1) is 5.82 Å². The first-order chi connectivity index (χ1) is 19.9. The van der Waals surface area contributed by atoms with E-state index in [0.29, 0.717) is 32.9 Å². The standard InChI is InChI=1S/C32H24FN3O4S/c1-3-18-35-23-13-9-8-12-22(23)24(29(35)37)28-30(38)36-27(20-14-16-21(33)17-15-20)25(31(39)40-4-2)26(34-32(36)41-28)19-10-6-5-7-11-19/h3,5-17,27H,1,4,18H2,2H3/b28-24+/t27-/m1/s1. The van der Waals surface area contributed by atoms with E-state index in [1.54, 1.807) is 24.0 Å². The number of esters is 1. The van der Waals surface area contributed by atoms with E-state index < -0.39 is 23.4 Å². The highest BCUT2D eigenvalue weighted by molar-refractivity contribution is 7.07. The minimum atomic E-state index is -0.966. The van der Waals surface area contributed by atoms with Gasteiger partial charge in [0.15, 0.2) is 4.80 Å². The third-order valence-corrected chi connectivity index (χ3v) is 8.05. The maximum Gasteiger partial charge on any atom is 0.338 e. The second kappa shape index (κ2) is 10.6. The fraction of sp³-hybridized carbons (Fsp3) is 0.125. The van der Waals surface area contributed by atoms with Crippen LogP contribution < -0.4 is 19.8 Å². The largest absolute Gasteiger partial charge is 0.463 e. The average molecular weight is 566 g/mol. The first-order valence-corrected chi connectivity index (χ1v) is 13.8. The Labute approximate surface area is 238 Å². The normalized spacial score (nSPS) is 17.2. The topological polar surface area (TPSA) is 81.0 Å². The van der Waals surface area contributed by atoms with Crippen LogP contribution in [-0.2, 0) is 14.3 Å². The number of ether oxygens (including phenoxy) is 1. The molecule has 0 saturated heterocycles. The number of fused-ring (bicyclic) bond motifs is 2. The van der Waals surface area contributed by atoms with E-state index in [2.05, 4.69) is 6.58 Å². The number of hydrogen-bond donors (Lipinski definition) is 0. The van der Waals surface area contributed by atoms with Crippen molar-refractivity contribution in [3.63, 3.8) is 0 Å². The minimum absolute atomic E-state index is 0.111. The van der Waals surface area contributed by atoms with E-state index in [4.69, 9.17) is 9.73 Å². The Morgan fingerprint density at radius 3 is 2.46 bits per heavy atom. The molecule has 0 radical (unpaired) electrons. The third-order valence-electron chi connectivity index (χ3n) is 7.00. The van der Waals surface area contributed by atoms with E-state index in [-0.39, 0.29) is 34.7 Å². The Bertz CT molecular complexity index is 1920. The molecule has 0 saturated carbocycles. The molecule has 4 aromatic rings. The maximum atomic E-state index is 14.3. The van der Waals surface area contributed by atoms with Gasteiger partial charge in [-0.1, -0.05) is 78.1 Å². The van der Waals surface area contributed by atoms with Crippen molar-refractivity contribution in [3.05, 3.63) is 139 Å². The molecule has 1 amide bonds. The molecule has 2 aliphatic rings. The van der Waals surface area contributed by atoms with Crippen molar-refractivity contribution in [1.82, 2.24) is 4.57 Å². The summed E-state index contributed by atoms with van der Waals surface area (Å²) in [6, 6.07) is 21.1. The van der Waals surface area contributed by atoms with E-state index in [0.717, 1.165) is 11.3 Å². The van der Waals surface area contributed by atoms with Gasteiger partial charge in [-0.15, -0.1) is 6.58 Å². The molecule has 204 valence electrons. The predicted octanol–water partition coefficient (Wildman–Crippen LogP) is 3.98. The van der Waals surface area contributed by atoms with Gasteiger partial charge in [-0.05, 0) is 30.7 Å². The number of carbonyl (C=O) groups excluding carboxylic acids is 2. The molecule has 0 spiro atoms. The molecular formula is C32H24FN3O4S. The molecule has 3 aromatic carbocycles. The molecule has 0 bridgehead atoms. The van der Waals surface area contributed by atoms with E-state index >= 15 is 0 Å². The van der Waals surface area contributed by atoms with Crippen LogP contribution in [-0.4, -0.2) is 29.6 Å². The number of rotatable bonds is 6. The highest BCUT2D eigenvalue weighted by Gasteiger charge is 2.38. The van der Waals surface area contributed by atoms with Crippen molar-refractivity contribution < 1.29 is 18.7 Å². The second-order valence-electron chi connectivity index (χ2n) is 9.40. The molecule has 1 aromatic heterocycles. The molecule has 0 fully saturated rings. The Balaban J connectivity index is 1.71. The van der Waals surface area contributed by atoms with E-state index in [1.165, 1.54) is 28.8 Å². The molecule has 41 heavy (non-hydrogen) atoms. The number of thiazole rings is 1. The molecule has 0 unspecified atom stereocenters. The zero-order valence-electron chi connectivity index (χ0n) is 22.0. The number of amides is 1. The van der Waals surface area contributed by atoms with Crippen LogP contribution in [0.2, 0.25) is 0 Å². The first-order valence-electron chi connectivity index (χ1n) is 13.0. The summed E-state index contributed by atoms with van der Waals surface area (Å²) in [5.41, 5.74) is 2.77. The SMILES string of the molecule is C=CCN1C(=O)/C(=c2/sc3n(c2=O)[C@H](c2ccc(F)cc2)C(C(=O)OCC)=C(c2ccccc2)N=3)c2ccccc21. The number of carbonyl (C=O) groups is 2. The van der Waals surface area contributed by atoms with Gasteiger partial charge in [0, 0.05) is 17.7 Å². The zero-order chi connectivity index (χ0) is 28.7. The number of benzene rings is 3. The smallest absolute Gasteiger partial charge is 0.338 e. The summed E-state index contributed by atoms with van der Waals surface area (Å²) >= 11 is 1.09. The fourth-order valence-corrected chi connectivity index (χ4v) is 6.35. The van der Waals surface area contributed by atoms with Crippen LogP contribution in [0.25, 0.3) is 11.3 Å². The number of hydrogen-bond acceptors (Lipinski definition) is 6. The van der Waals surface area contributed by atoms with Crippen LogP contribution in [0.15, 0.2) is 107 Å². The highest BCUT2D eigenvalue weighted by atomic mass is 32.1. The molecule has 1 atom stereocenters. The van der Waals surface area contributed by atoms with Gasteiger partial charge < -0.3 is 9.64 Å². The number of aromatic nitrogens is 1. The highest BCUT2D eigenvalue weighted by Crippen LogP contribution is 2.37. The monoisotopic (exact) mass is 565 g/mol. The number of para-hydroxylation sites is 1. The summed E-state index contributed by atoms with van der Waals surface area (Å²) in [7, 11) is 0. The Morgan fingerprint density at radius 1 is 1.05 bits per heavy atom. The quantitative estimate of drug-likeness (QED) is 0.262. The number of halogens is 1. The molecule has 6 rings (SSSR count). The van der Waals surface area contributed by atoms with Crippen molar-refractivity contribution in [1.29, 1.82) is 0 Å². The zero-order valence-corrected chi connectivity index (χ0v) is 22.9. The number of anilines is 1. The van der Waals surface area contributed by atoms with E-state index in [1.807, 2.05) is 48.5 Å². The van der Waals surface area contributed by atoms with Gasteiger partial charge in [-0.25, -0.2) is 14.2 Å². The van der Waals surface area contributed by atoms with Crippen LogP contribution in [0.3, 0.4) is 0 Å². The van der Waals surface area contributed by atoms with Gasteiger partial charge in [0.1, 0.15) is 10.3 Å². The van der Waals surface area contributed by atoms with Gasteiger partial charge in [0.25, 0.3) is 11.5 Å². The Kier molecular flexibility index (Phi) is 6.80. The van der Waals surface area contributed by atoms with Crippen molar-refractivity contribution in [2.45, 2.75) is 13.0 Å². The summed E-state index contributed by atoms with van der Waals surface area (Å²) in [6.07, 6.45) is 1.63. The molecule has 3 heterocycles. The van der Waals surface area contributed by atoms with Crippen LogP contribution in [0.1, 0.15) is 29.7 Å². The summed E-state index contributed by atoms with van der Waals surface area (Å²) in [6.45, 7) is 5.86. The van der Waals surface area contributed by atoms with E-state index in [9.17, 15) is 18.8 Å². The van der Waals surface area contributed by atoms with Gasteiger partial charge in [-0.2, -0.15) is 0 Å². The molecule has 0 aliphatic carbocycles. The third kappa shape index (κ3) is 4.35. The van der Waals surface area contributed by atoms with Gasteiger partial charge >= 0.3 is 5.97 Å². The lowest BCUT2D eigenvalue weighted by atomic mass is 9.93. The van der Waals surface area contributed by atoms with Crippen molar-refractivity contribution in [2.75, 3.05) is 18.1 Å². The van der Waals surface area contributed by atoms with Crippen molar-refractivity contribution in [2.24, 2.45) is 4.99 Å². The molecular weight excluding hydrogens is 541 g/mol. The van der Waals surface area contributed by atoms with Gasteiger partial charge in [-0.3, -0.25) is 14.2 Å².